The number of hydrogen-bond donors (Lipinski definition) is 6. The first-order valence-electron chi connectivity index (χ1n) is 8.18. The van der Waals surface area contributed by atoms with Crippen molar-refractivity contribution in [3.63, 3.8) is 0 Å². The number of carbonyl (C=O) groups is 4. The second-order valence-corrected chi connectivity index (χ2v) is 5.75. The standard InChI is InChI=1S/C10H16N2O8.C6H6O4/c13-7(14)3-11(4-8(15)16)1-2-12(5-9(17)18)6-10(19)20;7-2-4-1-5(8)6(9)3-10-4/h1-6H2,(H,13,14)(H,15,16)(H,17,18)(H,19,20);1,3,7,9H,2H2. The zero-order valence-corrected chi connectivity index (χ0v) is 15.6. The molecule has 0 aliphatic carbocycles. The zero-order chi connectivity index (χ0) is 23.3. The second kappa shape index (κ2) is 13.6. The van der Waals surface area contributed by atoms with E-state index < -0.39 is 61.2 Å². The van der Waals surface area contributed by atoms with Crippen LogP contribution in [0.5, 0.6) is 5.75 Å². The number of rotatable bonds is 12. The van der Waals surface area contributed by atoms with E-state index >= 15 is 0 Å². The van der Waals surface area contributed by atoms with E-state index in [2.05, 4.69) is 4.42 Å². The summed E-state index contributed by atoms with van der Waals surface area (Å²) in [5, 5.41) is 51.6. The van der Waals surface area contributed by atoms with Crippen molar-refractivity contribution in [2.45, 2.75) is 6.61 Å². The van der Waals surface area contributed by atoms with Gasteiger partial charge >= 0.3 is 23.9 Å². The molecule has 1 aromatic heterocycles. The average Bonchev–Trinajstić information content (AvgIpc) is 2.60. The Morgan fingerprint density at radius 2 is 1.17 bits per heavy atom. The molecule has 0 spiro atoms. The fraction of sp³-hybridized carbons (Fsp3) is 0.438. The molecule has 0 radical (unpaired) electrons. The predicted octanol–water partition coefficient (Wildman–Crippen LogP) is -2.23. The van der Waals surface area contributed by atoms with E-state index in [9.17, 15) is 24.0 Å². The molecule has 0 saturated carbocycles. The Bertz CT molecular complexity index is 723. The van der Waals surface area contributed by atoms with E-state index in [-0.39, 0.29) is 25.5 Å². The van der Waals surface area contributed by atoms with Crippen LogP contribution in [0.15, 0.2) is 21.5 Å². The average molecular weight is 434 g/mol. The summed E-state index contributed by atoms with van der Waals surface area (Å²) in [4.78, 5) is 54.9. The molecular formula is C16H22N2O12. The SMILES string of the molecule is O=C(O)CN(CCN(CC(=O)O)CC(=O)O)CC(=O)O.O=c1cc(CO)occ1O. The van der Waals surface area contributed by atoms with Crippen LogP contribution >= 0.6 is 0 Å². The van der Waals surface area contributed by atoms with Crippen LogP contribution in [0.25, 0.3) is 0 Å². The van der Waals surface area contributed by atoms with Gasteiger partial charge < -0.3 is 35.1 Å². The fourth-order valence-electron chi connectivity index (χ4n) is 2.00. The minimum Gasteiger partial charge on any atom is -0.502 e. The number of carboxylic acids is 4. The first kappa shape index (κ1) is 26.5. The van der Waals surface area contributed by atoms with Crippen LogP contribution < -0.4 is 5.43 Å². The number of aromatic hydroxyl groups is 1. The van der Waals surface area contributed by atoms with Gasteiger partial charge in [-0.1, -0.05) is 0 Å². The van der Waals surface area contributed by atoms with Gasteiger partial charge in [0.2, 0.25) is 5.43 Å². The van der Waals surface area contributed by atoms with Crippen molar-refractivity contribution in [1.82, 2.24) is 9.80 Å². The highest BCUT2D eigenvalue weighted by Gasteiger charge is 2.18. The lowest BCUT2D eigenvalue weighted by atomic mass is 10.4. The Hall–Kier alpha value is -3.49. The summed E-state index contributed by atoms with van der Waals surface area (Å²) in [6, 6.07) is 1.04. The molecule has 168 valence electrons. The van der Waals surface area contributed by atoms with E-state index in [0.29, 0.717) is 0 Å². The quantitative estimate of drug-likeness (QED) is 0.205. The Morgan fingerprint density at radius 3 is 1.43 bits per heavy atom. The fourth-order valence-corrected chi connectivity index (χ4v) is 2.00. The van der Waals surface area contributed by atoms with E-state index in [0.717, 1.165) is 22.1 Å². The second-order valence-electron chi connectivity index (χ2n) is 5.75. The Kier molecular flexibility index (Phi) is 12.1. The van der Waals surface area contributed by atoms with Gasteiger partial charge in [-0.25, -0.2) is 0 Å². The first-order valence-corrected chi connectivity index (χ1v) is 8.18. The molecule has 0 aliphatic heterocycles. The molecular weight excluding hydrogens is 412 g/mol. The zero-order valence-electron chi connectivity index (χ0n) is 15.6. The molecule has 0 aliphatic rings. The summed E-state index contributed by atoms with van der Waals surface area (Å²) in [6.07, 6.45) is 0.897. The Balaban J connectivity index is 0.000000696. The number of hydrogen-bond acceptors (Lipinski definition) is 10. The largest absolute Gasteiger partial charge is 0.502 e. The lowest BCUT2D eigenvalue weighted by Gasteiger charge is -2.23. The van der Waals surface area contributed by atoms with Crippen molar-refractivity contribution in [2.75, 3.05) is 39.3 Å². The molecule has 30 heavy (non-hydrogen) atoms. The highest BCUT2D eigenvalue weighted by Crippen LogP contribution is 2.02. The summed E-state index contributed by atoms with van der Waals surface area (Å²) in [7, 11) is 0. The van der Waals surface area contributed by atoms with Gasteiger partial charge in [-0.3, -0.25) is 33.8 Å². The molecule has 14 nitrogen and oxygen atoms in total. The van der Waals surface area contributed by atoms with E-state index in [1.165, 1.54) is 0 Å². The van der Waals surface area contributed by atoms with Gasteiger partial charge in [0.15, 0.2) is 5.75 Å². The number of nitrogens with zero attached hydrogens (tertiary/aromatic N) is 2. The number of aliphatic carboxylic acids is 4. The highest BCUT2D eigenvalue weighted by molar-refractivity contribution is 5.73. The van der Waals surface area contributed by atoms with Crippen molar-refractivity contribution in [3.8, 4) is 5.75 Å². The van der Waals surface area contributed by atoms with Gasteiger partial charge in [-0.05, 0) is 0 Å². The Labute approximate surface area is 168 Å². The van der Waals surface area contributed by atoms with Crippen LogP contribution in [0.2, 0.25) is 0 Å². The summed E-state index contributed by atoms with van der Waals surface area (Å²) < 4.78 is 4.59. The highest BCUT2D eigenvalue weighted by atomic mass is 16.4. The lowest BCUT2D eigenvalue weighted by Crippen LogP contribution is -2.43. The van der Waals surface area contributed by atoms with Gasteiger partial charge in [-0.15, -0.1) is 0 Å². The maximum Gasteiger partial charge on any atom is 0.317 e. The molecule has 6 N–H and O–H groups in total. The molecule has 0 saturated heterocycles. The third-order valence-corrected chi connectivity index (χ3v) is 3.19. The first-order chi connectivity index (χ1) is 13.9. The van der Waals surface area contributed by atoms with Gasteiger partial charge in [-0.2, -0.15) is 0 Å². The number of aliphatic hydroxyl groups is 1. The van der Waals surface area contributed by atoms with Crippen molar-refractivity contribution in [3.05, 3.63) is 28.3 Å². The van der Waals surface area contributed by atoms with Crippen LogP contribution in [-0.4, -0.2) is 104 Å². The maximum absolute atomic E-state index is 10.6. The smallest absolute Gasteiger partial charge is 0.317 e. The molecule has 0 bridgehead atoms. The minimum atomic E-state index is -1.23. The summed E-state index contributed by atoms with van der Waals surface area (Å²) in [6.45, 7) is -2.59. The Morgan fingerprint density at radius 1 is 0.800 bits per heavy atom. The summed E-state index contributed by atoms with van der Waals surface area (Å²) in [5.41, 5.74) is -0.546. The van der Waals surface area contributed by atoms with Crippen LogP contribution in [0.3, 0.4) is 0 Å². The van der Waals surface area contributed by atoms with Gasteiger partial charge in [0.25, 0.3) is 0 Å². The third kappa shape index (κ3) is 12.8. The van der Waals surface area contributed by atoms with E-state index in [4.69, 9.17) is 30.6 Å². The van der Waals surface area contributed by atoms with Crippen molar-refractivity contribution >= 4 is 23.9 Å². The van der Waals surface area contributed by atoms with Crippen LogP contribution in [0.1, 0.15) is 5.76 Å². The molecule has 0 aromatic carbocycles. The topological polar surface area (TPSA) is 226 Å². The summed E-state index contributed by atoms with van der Waals surface area (Å²) in [5.74, 6) is -5.22. The van der Waals surface area contributed by atoms with Crippen molar-refractivity contribution in [1.29, 1.82) is 0 Å². The molecule has 0 amide bonds. The third-order valence-electron chi connectivity index (χ3n) is 3.19. The van der Waals surface area contributed by atoms with Gasteiger partial charge in [0.05, 0.1) is 26.2 Å². The molecule has 0 fully saturated rings. The number of carboxylic acid groups (broad SMARTS) is 4. The normalized spacial score (nSPS) is 10.4. The monoisotopic (exact) mass is 434 g/mol. The van der Waals surface area contributed by atoms with Crippen molar-refractivity contribution < 1.29 is 54.2 Å². The predicted molar refractivity (Wildman–Crippen MR) is 96.0 cm³/mol. The van der Waals surface area contributed by atoms with Crippen LogP contribution in [0.4, 0.5) is 0 Å². The van der Waals surface area contributed by atoms with Gasteiger partial charge in [0, 0.05) is 19.2 Å². The molecule has 0 unspecified atom stereocenters. The molecule has 0 atom stereocenters. The van der Waals surface area contributed by atoms with Crippen LogP contribution in [0, 0.1) is 0 Å². The summed E-state index contributed by atoms with van der Waals surface area (Å²) >= 11 is 0. The molecule has 14 heteroatoms. The maximum atomic E-state index is 10.6. The number of aliphatic hydroxyl groups excluding tert-OH is 1. The molecule has 1 rings (SSSR count). The van der Waals surface area contributed by atoms with E-state index in [1.807, 2.05) is 0 Å². The van der Waals surface area contributed by atoms with Gasteiger partial charge in [0.1, 0.15) is 18.6 Å². The molecule has 1 aromatic rings. The molecule has 1 heterocycles. The lowest BCUT2D eigenvalue weighted by molar-refractivity contribution is -0.145. The van der Waals surface area contributed by atoms with Crippen LogP contribution in [-0.2, 0) is 25.8 Å². The van der Waals surface area contributed by atoms with E-state index in [1.54, 1.807) is 0 Å². The van der Waals surface area contributed by atoms with Crippen molar-refractivity contribution in [2.24, 2.45) is 0 Å². The minimum absolute atomic E-state index is 0.0703.